The van der Waals surface area contributed by atoms with Crippen LogP contribution in [0.4, 0.5) is 17.6 Å². The van der Waals surface area contributed by atoms with Crippen molar-refractivity contribution in [2.24, 2.45) is 0 Å². The third-order valence-corrected chi connectivity index (χ3v) is 3.99. The molecule has 0 spiro atoms. The van der Waals surface area contributed by atoms with E-state index in [1.807, 2.05) is 0 Å². The van der Waals surface area contributed by atoms with Crippen molar-refractivity contribution >= 4 is 15.9 Å². The van der Waals surface area contributed by atoms with Gasteiger partial charge in [0.2, 0.25) is 0 Å². The van der Waals surface area contributed by atoms with Crippen LogP contribution in [-0.2, 0) is 6.18 Å². The Kier molecular flexibility index (Phi) is 4.68. The van der Waals surface area contributed by atoms with Crippen LogP contribution < -0.4 is 5.32 Å². The Balaban J connectivity index is 2.60. The van der Waals surface area contributed by atoms with Crippen LogP contribution in [0.3, 0.4) is 0 Å². The number of hydrogen-bond donors (Lipinski definition) is 1. The Morgan fingerprint density at radius 3 is 2.24 bits per heavy atom. The van der Waals surface area contributed by atoms with E-state index < -0.39 is 23.6 Å². The van der Waals surface area contributed by atoms with Crippen molar-refractivity contribution in [3.8, 4) is 0 Å². The fourth-order valence-electron chi connectivity index (χ4n) is 2.23. The summed E-state index contributed by atoms with van der Waals surface area (Å²) in [6.07, 6.45) is -4.47. The molecule has 0 saturated carbocycles. The highest BCUT2D eigenvalue weighted by Crippen LogP contribution is 2.38. The molecule has 1 atom stereocenters. The molecule has 2 aromatic rings. The predicted octanol–water partition coefficient (Wildman–Crippen LogP) is 4.92. The molecule has 0 aliphatic carbocycles. The fraction of sp³-hybridized carbons (Fsp3) is 0.200. The van der Waals surface area contributed by atoms with E-state index in [1.54, 1.807) is 6.07 Å². The molecular formula is C15H12BrF4N. The Hall–Kier alpha value is -1.40. The van der Waals surface area contributed by atoms with Crippen molar-refractivity contribution in [1.29, 1.82) is 0 Å². The minimum absolute atomic E-state index is 0.0544. The van der Waals surface area contributed by atoms with Gasteiger partial charge < -0.3 is 5.32 Å². The molecule has 0 aliphatic rings. The van der Waals surface area contributed by atoms with Crippen molar-refractivity contribution in [1.82, 2.24) is 5.32 Å². The maximum atomic E-state index is 13.6. The number of alkyl halides is 3. The van der Waals surface area contributed by atoms with Crippen molar-refractivity contribution in [2.75, 3.05) is 7.05 Å². The van der Waals surface area contributed by atoms with Gasteiger partial charge in [0.25, 0.3) is 0 Å². The first-order valence-corrected chi connectivity index (χ1v) is 6.93. The zero-order valence-corrected chi connectivity index (χ0v) is 12.6. The van der Waals surface area contributed by atoms with Gasteiger partial charge in [-0.1, -0.05) is 30.3 Å². The molecule has 0 amide bonds. The number of benzene rings is 2. The molecule has 0 saturated heterocycles. The average Bonchev–Trinajstić information content (AvgIpc) is 2.44. The summed E-state index contributed by atoms with van der Waals surface area (Å²) < 4.78 is 53.2. The highest BCUT2D eigenvalue weighted by molar-refractivity contribution is 9.10. The third-order valence-electron chi connectivity index (χ3n) is 3.16. The normalized spacial score (nSPS) is 13.2. The maximum Gasteiger partial charge on any atom is 0.416 e. The summed E-state index contributed by atoms with van der Waals surface area (Å²) in [7, 11) is 1.54. The van der Waals surface area contributed by atoms with Gasteiger partial charge in [0.1, 0.15) is 5.82 Å². The van der Waals surface area contributed by atoms with Crippen molar-refractivity contribution in [2.45, 2.75) is 12.2 Å². The summed E-state index contributed by atoms with van der Waals surface area (Å²) in [6.45, 7) is 0. The smallest absolute Gasteiger partial charge is 0.309 e. The van der Waals surface area contributed by atoms with Crippen LogP contribution in [0.5, 0.6) is 0 Å². The number of hydrogen-bond acceptors (Lipinski definition) is 1. The topological polar surface area (TPSA) is 12.0 Å². The molecule has 2 aromatic carbocycles. The van der Waals surface area contributed by atoms with Crippen molar-refractivity contribution < 1.29 is 17.6 Å². The van der Waals surface area contributed by atoms with Gasteiger partial charge in [-0.15, -0.1) is 0 Å². The van der Waals surface area contributed by atoms with Crippen LogP contribution >= 0.6 is 15.9 Å². The zero-order chi connectivity index (χ0) is 15.6. The van der Waals surface area contributed by atoms with Crippen LogP contribution in [0.2, 0.25) is 0 Å². The molecule has 112 valence electrons. The summed E-state index contributed by atoms with van der Waals surface area (Å²) >= 11 is 3.10. The minimum atomic E-state index is -4.47. The Morgan fingerprint density at radius 1 is 1.00 bits per heavy atom. The number of nitrogens with one attached hydrogen (secondary N) is 1. The maximum absolute atomic E-state index is 13.6. The number of halogens is 5. The SMILES string of the molecule is CNC(c1ccccc1C(F)(F)F)c1cccc(F)c1Br. The van der Waals surface area contributed by atoms with Gasteiger partial charge in [0.15, 0.2) is 0 Å². The lowest BCUT2D eigenvalue weighted by Crippen LogP contribution is -2.22. The molecule has 0 aromatic heterocycles. The van der Waals surface area contributed by atoms with Crippen molar-refractivity contribution in [3.05, 3.63) is 69.4 Å². The first-order chi connectivity index (χ1) is 9.86. The fourth-order valence-corrected chi connectivity index (χ4v) is 2.72. The summed E-state index contributed by atoms with van der Waals surface area (Å²) in [6, 6.07) is 8.80. The molecule has 21 heavy (non-hydrogen) atoms. The molecule has 2 rings (SSSR count). The Morgan fingerprint density at radius 2 is 1.62 bits per heavy atom. The largest absolute Gasteiger partial charge is 0.416 e. The third kappa shape index (κ3) is 3.27. The van der Waals surface area contributed by atoms with E-state index in [0.717, 1.165) is 6.07 Å². The zero-order valence-electron chi connectivity index (χ0n) is 11.0. The van der Waals surface area contributed by atoms with Gasteiger partial charge in [0.05, 0.1) is 16.1 Å². The van der Waals surface area contributed by atoms with Gasteiger partial charge >= 0.3 is 6.18 Å². The van der Waals surface area contributed by atoms with Crippen LogP contribution in [-0.4, -0.2) is 7.05 Å². The van der Waals surface area contributed by atoms with E-state index in [0.29, 0.717) is 5.56 Å². The second kappa shape index (κ2) is 6.15. The lowest BCUT2D eigenvalue weighted by atomic mass is 9.94. The van der Waals surface area contributed by atoms with E-state index in [9.17, 15) is 17.6 Å². The standard InChI is InChI=1S/C15H12BrF4N/c1-21-14(10-6-4-8-12(17)13(10)16)9-5-2-3-7-11(9)15(18,19)20/h2-8,14,21H,1H3. The second-order valence-electron chi connectivity index (χ2n) is 4.45. The second-order valence-corrected chi connectivity index (χ2v) is 5.24. The lowest BCUT2D eigenvalue weighted by molar-refractivity contribution is -0.138. The molecule has 0 fully saturated rings. The quantitative estimate of drug-likeness (QED) is 0.765. The molecule has 0 bridgehead atoms. The van der Waals surface area contributed by atoms with Gasteiger partial charge in [-0.2, -0.15) is 13.2 Å². The summed E-state index contributed by atoms with van der Waals surface area (Å²) in [5, 5.41) is 2.82. The molecule has 0 heterocycles. The molecule has 1 N–H and O–H groups in total. The van der Waals surface area contributed by atoms with E-state index in [4.69, 9.17) is 0 Å². The van der Waals surface area contributed by atoms with E-state index in [1.165, 1.54) is 37.4 Å². The van der Waals surface area contributed by atoms with E-state index in [-0.39, 0.29) is 10.0 Å². The van der Waals surface area contributed by atoms with E-state index in [2.05, 4.69) is 21.2 Å². The highest BCUT2D eigenvalue weighted by atomic mass is 79.9. The van der Waals surface area contributed by atoms with Gasteiger partial charge in [0, 0.05) is 0 Å². The van der Waals surface area contributed by atoms with Gasteiger partial charge in [-0.3, -0.25) is 0 Å². The first kappa shape index (κ1) is 16.0. The first-order valence-electron chi connectivity index (χ1n) is 6.13. The highest BCUT2D eigenvalue weighted by Gasteiger charge is 2.35. The molecule has 6 heteroatoms. The number of rotatable bonds is 3. The van der Waals surface area contributed by atoms with Crippen LogP contribution in [0.1, 0.15) is 22.7 Å². The molecule has 0 aliphatic heterocycles. The monoisotopic (exact) mass is 361 g/mol. The van der Waals surface area contributed by atoms with Crippen LogP contribution in [0, 0.1) is 5.82 Å². The summed E-state index contributed by atoms with van der Waals surface area (Å²) in [5.74, 6) is -0.516. The molecule has 1 unspecified atom stereocenters. The molecule has 1 nitrogen and oxygen atoms in total. The predicted molar refractivity (Wildman–Crippen MR) is 76.4 cm³/mol. The molecule has 0 radical (unpaired) electrons. The lowest BCUT2D eigenvalue weighted by Gasteiger charge is -2.22. The summed E-state index contributed by atoms with van der Waals surface area (Å²) in [4.78, 5) is 0. The summed E-state index contributed by atoms with van der Waals surface area (Å²) in [5.41, 5.74) is -0.270. The van der Waals surface area contributed by atoms with Gasteiger partial charge in [-0.05, 0) is 46.2 Å². The van der Waals surface area contributed by atoms with Crippen molar-refractivity contribution in [3.63, 3.8) is 0 Å². The Labute approximate surface area is 128 Å². The molecular weight excluding hydrogens is 350 g/mol. The van der Waals surface area contributed by atoms with Crippen LogP contribution in [0.25, 0.3) is 0 Å². The van der Waals surface area contributed by atoms with Crippen LogP contribution in [0.15, 0.2) is 46.9 Å². The Bertz CT molecular complexity index is 640. The minimum Gasteiger partial charge on any atom is -0.309 e. The average molecular weight is 362 g/mol. The van der Waals surface area contributed by atoms with E-state index >= 15 is 0 Å². The van der Waals surface area contributed by atoms with Gasteiger partial charge in [-0.25, -0.2) is 4.39 Å².